The molecular formula is C13H13BrN2O2. The standard InChI is InChI=1S/C13H13BrN2O2/c1-3-16-7-6-15-13(16)12(17)10-5-4-9(14)8-11(10)18-2/h4-8H,3H2,1-2H3. The molecular weight excluding hydrogens is 296 g/mol. The van der Waals surface area contributed by atoms with Gasteiger partial charge in [-0.15, -0.1) is 0 Å². The number of hydrogen-bond acceptors (Lipinski definition) is 3. The number of carbonyl (C=O) groups is 1. The molecule has 0 aliphatic carbocycles. The molecule has 0 aliphatic heterocycles. The number of imidazole rings is 1. The molecule has 0 aliphatic rings. The van der Waals surface area contributed by atoms with E-state index in [1.54, 1.807) is 31.6 Å². The molecule has 2 rings (SSSR count). The average molecular weight is 309 g/mol. The predicted molar refractivity (Wildman–Crippen MR) is 72.0 cm³/mol. The Balaban J connectivity index is 2.46. The molecule has 0 saturated heterocycles. The van der Waals surface area contributed by atoms with Crippen molar-refractivity contribution in [1.82, 2.24) is 9.55 Å². The van der Waals surface area contributed by atoms with Crippen molar-refractivity contribution in [3.05, 3.63) is 46.5 Å². The molecule has 0 atom stereocenters. The molecule has 0 radical (unpaired) electrons. The second-order valence-electron chi connectivity index (χ2n) is 3.71. The van der Waals surface area contributed by atoms with Gasteiger partial charge >= 0.3 is 0 Å². The van der Waals surface area contributed by atoms with Gasteiger partial charge in [0.05, 0.1) is 12.7 Å². The fourth-order valence-corrected chi connectivity index (χ4v) is 2.09. The smallest absolute Gasteiger partial charge is 0.232 e. The Morgan fingerprint density at radius 3 is 2.94 bits per heavy atom. The van der Waals surface area contributed by atoms with Crippen molar-refractivity contribution < 1.29 is 9.53 Å². The summed E-state index contributed by atoms with van der Waals surface area (Å²) in [5, 5.41) is 0. The topological polar surface area (TPSA) is 44.1 Å². The molecule has 0 N–H and O–H groups in total. The summed E-state index contributed by atoms with van der Waals surface area (Å²) in [7, 11) is 1.55. The molecule has 18 heavy (non-hydrogen) atoms. The number of ketones is 1. The van der Waals surface area contributed by atoms with Crippen molar-refractivity contribution in [2.75, 3.05) is 7.11 Å². The molecule has 0 bridgehead atoms. The van der Waals surface area contributed by atoms with Gasteiger partial charge in [0, 0.05) is 23.4 Å². The van der Waals surface area contributed by atoms with Gasteiger partial charge < -0.3 is 9.30 Å². The molecule has 2 aromatic rings. The number of halogens is 1. The van der Waals surface area contributed by atoms with Crippen LogP contribution in [-0.2, 0) is 6.54 Å². The minimum absolute atomic E-state index is 0.133. The summed E-state index contributed by atoms with van der Waals surface area (Å²) in [6.07, 6.45) is 3.42. The summed E-state index contributed by atoms with van der Waals surface area (Å²) in [6, 6.07) is 5.32. The molecule has 0 saturated carbocycles. The van der Waals surface area contributed by atoms with E-state index in [0.717, 1.165) is 4.47 Å². The van der Waals surface area contributed by atoms with Crippen LogP contribution in [0.25, 0.3) is 0 Å². The minimum Gasteiger partial charge on any atom is -0.496 e. The van der Waals surface area contributed by atoms with E-state index in [1.165, 1.54) is 0 Å². The Bertz CT molecular complexity index is 578. The van der Waals surface area contributed by atoms with E-state index in [9.17, 15) is 4.79 Å². The first-order valence-corrected chi connectivity index (χ1v) is 6.36. The Kier molecular flexibility index (Phi) is 3.81. The molecule has 0 unspecified atom stereocenters. The second-order valence-corrected chi connectivity index (χ2v) is 4.63. The van der Waals surface area contributed by atoms with E-state index < -0.39 is 0 Å². The van der Waals surface area contributed by atoms with Crippen molar-refractivity contribution in [1.29, 1.82) is 0 Å². The number of benzene rings is 1. The lowest BCUT2D eigenvalue weighted by Gasteiger charge is -2.08. The first kappa shape index (κ1) is 12.8. The Hall–Kier alpha value is -1.62. The maximum Gasteiger partial charge on any atom is 0.232 e. The van der Waals surface area contributed by atoms with Crippen LogP contribution >= 0.6 is 15.9 Å². The zero-order valence-corrected chi connectivity index (χ0v) is 11.8. The molecule has 1 aromatic heterocycles. The van der Waals surface area contributed by atoms with E-state index in [0.29, 0.717) is 23.7 Å². The predicted octanol–water partition coefficient (Wildman–Crippen LogP) is 2.91. The third-order valence-corrected chi connectivity index (χ3v) is 3.16. The molecule has 4 nitrogen and oxygen atoms in total. The molecule has 1 heterocycles. The van der Waals surface area contributed by atoms with Gasteiger partial charge in [-0.3, -0.25) is 4.79 Å². The van der Waals surface area contributed by atoms with Crippen LogP contribution in [0.3, 0.4) is 0 Å². The normalized spacial score (nSPS) is 10.4. The maximum atomic E-state index is 12.4. The van der Waals surface area contributed by atoms with Crippen LogP contribution in [0.5, 0.6) is 5.75 Å². The van der Waals surface area contributed by atoms with E-state index in [2.05, 4.69) is 20.9 Å². The van der Waals surface area contributed by atoms with Crippen LogP contribution in [-0.4, -0.2) is 22.4 Å². The first-order valence-electron chi connectivity index (χ1n) is 5.56. The first-order chi connectivity index (χ1) is 8.67. The minimum atomic E-state index is -0.133. The van der Waals surface area contributed by atoms with Crippen molar-refractivity contribution in [3.8, 4) is 5.75 Å². The Morgan fingerprint density at radius 2 is 2.28 bits per heavy atom. The van der Waals surface area contributed by atoms with Crippen molar-refractivity contribution in [3.63, 3.8) is 0 Å². The summed E-state index contributed by atoms with van der Waals surface area (Å²) >= 11 is 3.35. The quantitative estimate of drug-likeness (QED) is 0.816. The van der Waals surface area contributed by atoms with E-state index in [-0.39, 0.29) is 5.78 Å². The number of ether oxygens (including phenoxy) is 1. The van der Waals surface area contributed by atoms with Crippen LogP contribution in [0.15, 0.2) is 35.1 Å². The van der Waals surface area contributed by atoms with Crippen molar-refractivity contribution in [2.24, 2.45) is 0 Å². The zero-order valence-electron chi connectivity index (χ0n) is 10.2. The number of rotatable bonds is 4. The number of hydrogen-bond donors (Lipinski definition) is 0. The lowest BCUT2D eigenvalue weighted by molar-refractivity contribution is 0.102. The van der Waals surface area contributed by atoms with Gasteiger partial charge in [-0.1, -0.05) is 15.9 Å². The monoisotopic (exact) mass is 308 g/mol. The van der Waals surface area contributed by atoms with Gasteiger partial charge in [0.2, 0.25) is 5.78 Å². The maximum absolute atomic E-state index is 12.4. The van der Waals surface area contributed by atoms with Crippen LogP contribution in [0, 0.1) is 0 Å². The van der Waals surface area contributed by atoms with Crippen molar-refractivity contribution >= 4 is 21.7 Å². The summed E-state index contributed by atoms with van der Waals surface area (Å²) in [6.45, 7) is 2.68. The molecule has 0 amide bonds. The number of methoxy groups -OCH3 is 1. The summed E-state index contributed by atoms with van der Waals surface area (Å²) in [4.78, 5) is 16.5. The van der Waals surface area contributed by atoms with Gasteiger partial charge in [-0.05, 0) is 25.1 Å². The van der Waals surface area contributed by atoms with E-state index in [1.807, 2.05) is 17.6 Å². The Labute approximate surface area is 114 Å². The number of carbonyl (C=O) groups excluding carboxylic acids is 1. The largest absolute Gasteiger partial charge is 0.496 e. The van der Waals surface area contributed by atoms with Gasteiger partial charge in [0.15, 0.2) is 5.82 Å². The Morgan fingerprint density at radius 1 is 1.50 bits per heavy atom. The fraction of sp³-hybridized carbons (Fsp3) is 0.231. The fourth-order valence-electron chi connectivity index (χ4n) is 1.75. The van der Waals surface area contributed by atoms with Crippen LogP contribution in [0.4, 0.5) is 0 Å². The highest BCUT2D eigenvalue weighted by Crippen LogP contribution is 2.25. The molecule has 0 fully saturated rings. The lowest BCUT2D eigenvalue weighted by atomic mass is 10.1. The van der Waals surface area contributed by atoms with Gasteiger partial charge in [-0.2, -0.15) is 0 Å². The summed E-state index contributed by atoms with van der Waals surface area (Å²) in [5.41, 5.74) is 0.515. The third kappa shape index (κ3) is 2.31. The third-order valence-electron chi connectivity index (χ3n) is 2.67. The van der Waals surface area contributed by atoms with Crippen LogP contribution < -0.4 is 4.74 Å². The number of aromatic nitrogens is 2. The summed E-state index contributed by atoms with van der Waals surface area (Å²) < 4.78 is 7.91. The second kappa shape index (κ2) is 5.35. The lowest BCUT2D eigenvalue weighted by Crippen LogP contribution is -2.11. The van der Waals surface area contributed by atoms with Crippen LogP contribution in [0.1, 0.15) is 23.1 Å². The average Bonchev–Trinajstić information content (AvgIpc) is 2.86. The van der Waals surface area contributed by atoms with Gasteiger partial charge in [0.25, 0.3) is 0 Å². The van der Waals surface area contributed by atoms with Gasteiger partial charge in [-0.25, -0.2) is 4.98 Å². The highest BCUT2D eigenvalue weighted by atomic mass is 79.9. The van der Waals surface area contributed by atoms with Crippen molar-refractivity contribution in [2.45, 2.75) is 13.5 Å². The molecule has 5 heteroatoms. The highest BCUT2D eigenvalue weighted by Gasteiger charge is 2.18. The number of nitrogens with zero attached hydrogens (tertiary/aromatic N) is 2. The van der Waals surface area contributed by atoms with E-state index >= 15 is 0 Å². The highest BCUT2D eigenvalue weighted by molar-refractivity contribution is 9.10. The molecule has 94 valence electrons. The zero-order chi connectivity index (χ0) is 13.1. The van der Waals surface area contributed by atoms with E-state index in [4.69, 9.17) is 4.74 Å². The molecule has 0 spiro atoms. The number of aryl methyl sites for hydroxylation is 1. The van der Waals surface area contributed by atoms with Crippen LogP contribution in [0.2, 0.25) is 0 Å². The molecule has 1 aromatic carbocycles. The summed E-state index contributed by atoms with van der Waals surface area (Å²) in [5.74, 6) is 0.837. The SMILES string of the molecule is CCn1ccnc1C(=O)c1ccc(Br)cc1OC. The van der Waals surface area contributed by atoms with Gasteiger partial charge in [0.1, 0.15) is 5.75 Å².